The molecule has 0 radical (unpaired) electrons. The third-order valence-corrected chi connectivity index (χ3v) is 2.90. The van der Waals surface area contributed by atoms with Crippen molar-refractivity contribution < 1.29 is 13.2 Å². The van der Waals surface area contributed by atoms with Gasteiger partial charge in [0.05, 0.1) is 5.69 Å². The molecule has 2 aromatic rings. The maximum absolute atomic E-state index is 13.3. The monoisotopic (exact) mass is 281 g/mol. The molecule has 2 rings (SSSR count). The fourth-order valence-corrected chi connectivity index (χ4v) is 2.01. The lowest BCUT2D eigenvalue weighted by atomic mass is 10.0. The van der Waals surface area contributed by atoms with E-state index in [0.717, 1.165) is 17.7 Å². The number of aromatic nitrogens is 2. The van der Waals surface area contributed by atoms with Crippen molar-refractivity contribution in [3.05, 3.63) is 41.5 Å². The van der Waals surface area contributed by atoms with Gasteiger partial charge in [0, 0.05) is 17.7 Å². The Balaban J connectivity index is 2.60. The summed E-state index contributed by atoms with van der Waals surface area (Å²) in [6.07, 6.45) is 1.89. The Morgan fingerprint density at radius 3 is 2.25 bits per heavy atom. The van der Waals surface area contributed by atoms with Gasteiger partial charge < -0.3 is 5.32 Å². The highest BCUT2D eigenvalue weighted by atomic mass is 19.2. The van der Waals surface area contributed by atoms with Crippen LogP contribution >= 0.6 is 0 Å². The standard InChI is InChI=1S/C14H14F3N3/c1-3-9-13(19-7-20-14(9)18-4-2)8-5-10(15)12(17)11(16)6-8/h5-7H,3-4H2,1-2H3,(H,18,19,20). The highest BCUT2D eigenvalue weighted by Gasteiger charge is 2.16. The molecule has 1 heterocycles. The van der Waals surface area contributed by atoms with Crippen molar-refractivity contribution in [1.82, 2.24) is 9.97 Å². The number of rotatable bonds is 4. The summed E-state index contributed by atoms with van der Waals surface area (Å²) >= 11 is 0. The highest BCUT2D eigenvalue weighted by Crippen LogP contribution is 2.28. The minimum absolute atomic E-state index is 0.194. The molecular weight excluding hydrogens is 267 g/mol. The van der Waals surface area contributed by atoms with E-state index in [1.807, 2.05) is 13.8 Å². The third-order valence-electron chi connectivity index (χ3n) is 2.90. The molecule has 3 nitrogen and oxygen atoms in total. The number of hydrogen-bond donors (Lipinski definition) is 1. The first-order valence-electron chi connectivity index (χ1n) is 6.31. The molecule has 0 aliphatic rings. The van der Waals surface area contributed by atoms with Crippen molar-refractivity contribution in [1.29, 1.82) is 0 Å². The Morgan fingerprint density at radius 1 is 1.05 bits per heavy atom. The van der Waals surface area contributed by atoms with Crippen molar-refractivity contribution in [2.75, 3.05) is 11.9 Å². The summed E-state index contributed by atoms with van der Waals surface area (Å²) in [6, 6.07) is 1.88. The predicted octanol–water partition coefficient (Wildman–Crippen LogP) is 3.56. The third kappa shape index (κ3) is 2.59. The van der Waals surface area contributed by atoms with Gasteiger partial charge in [0.2, 0.25) is 0 Å². The smallest absolute Gasteiger partial charge is 0.194 e. The van der Waals surface area contributed by atoms with Gasteiger partial charge in [0.1, 0.15) is 12.1 Å². The second-order valence-electron chi connectivity index (χ2n) is 4.19. The molecule has 0 atom stereocenters. The Kier molecular flexibility index (Phi) is 4.22. The van der Waals surface area contributed by atoms with Gasteiger partial charge in [-0.05, 0) is 25.5 Å². The zero-order chi connectivity index (χ0) is 14.7. The lowest BCUT2D eigenvalue weighted by Gasteiger charge is -2.12. The molecule has 1 aromatic carbocycles. The minimum atomic E-state index is -1.48. The zero-order valence-electron chi connectivity index (χ0n) is 11.2. The molecule has 0 bridgehead atoms. The van der Waals surface area contributed by atoms with Gasteiger partial charge in [0.25, 0.3) is 0 Å². The van der Waals surface area contributed by atoms with E-state index in [0.29, 0.717) is 24.5 Å². The molecule has 0 aliphatic heterocycles. The molecule has 0 saturated carbocycles. The van der Waals surface area contributed by atoms with Crippen LogP contribution in [0.15, 0.2) is 18.5 Å². The summed E-state index contributed by atoms with van der Waals surface area (Å²) in [7, 11) is 0. The Hall–Kier alpha value is -2.11. The minimum Gasteiger partial charge on any atom is -0.370 e. The highest BCUT2D eigenvalue weighted by molar-refractivity contribution is 5.68. The molecule has 20 heavy (non-hydrogen) atoms. The summed E-state index contributed by atoms with van der Waals surface area (Å²) in [5, 5.41) is 3.07. The van der Waals surface area contributed by atoms with E-state index >= 15 is 0 Å². The van der Waals surface area contributed by atoms with Gasteiger partial charge in [-0.2, -0.15) is 0 Å². The van der Waals surface area contributed by atoms with E-state index in [4.69, 9.17) is 0 Å². The average molecular weight is 281 g/mol. The van der Waals surface area contributed by atoms with E-state index in [-0.39, 0.29) is 5.56 Å². The number of nitrogens with one attached hydrogen (secondary N) is 1. The fourth-order valence-electron chi connectivity index (χ4n) is 2.01. The maximum atomic E-state index is 13.3. The molecule has 106 valence electrons. The van der Waals surface area contributed by atoms with Crippen LogP contribution in [0.3, 0.4) is 0 Å². The summed E-state index contributed by atoms with van der Waals surface area (Å²) in [5.74, 6) is -3.32. The van der Waals surface area contributed by atoms with Gasteiger partial charge in [-0.1, -0.05) is 6.92 Å². The maximum Gasteiger partial charge on any atom is 0.194 e. The van der Waals surface area contributed by atoms with E-state index in [1.165, 1.54) is 6.33 Å². The van der Waals surface area contributed by atoms with Crippen molar-refractivity contribution in [3.63, 3.8) is 0 Å². The quantitative estimate of drug-likeness (QED) is 0.871. The molecule has 1 N–H and O–H groups in total. The molecule has 0 fully saturated rings. The van der Waals surface area contributed by atoms with Crippen LogP contribution in [-0.4, -0.2) is 16.5 Å². The van der Waals surface area contributed by atoms with Gasteiger partial charge >= 0.3 is 0 Å². The first kappa shape index (κ1) is 14.3. The summed E-state index contributed by atoms with van der Waals surface area (Å²) in [5.41, 5.74) is 1.33. The van der Waals surface area contributed by atoms with Crippen LogP contribution in [0.5, 0.6) is 0 Å². The van der Waals surface area contributed by atoms with Crippen molar-refractivity contribution >= 4 is 5.82 Å². The molecular formula is C14H14F3N3. The zero-order valence-corrected chi connectivity index (χ0v) is 11.2. The van der Waals surface area contributed by atoms with Gasteiger partial charge in [-0.25, -0.2) is 23.1 Å². The van der Waals surface area contributed by atoms with Gasteiger partial charge in [0.15, 0.2) is 17.5 Å². The first-order valence-corrected chi connectivity index (χ1v) is 6.31. The molecule has 1 aromatic heterocycles. The van der Waals surface area contributed by atoms with E-state index in [9.17, 15) is 13.2 Å². The Labute approximate surface area is 114 Å². The molecule has 6 heteroatoms. The molecule has 0 amide bonds. The van der Waals surface area contributed by atoms with Crippen LogP contribution in [-0.2, 0) is 6.42 Å². The Bertz CT molecular complexity index is 606. The summed E-state index contributed by atoms with van der Waals surface area (Å²) < 4.78 is 39.7. The number of benzene rings is 1. The topological polar surface area (TPSA) is 37.8 Å². The SMILES string of the molecule is CCNc1ncnc(-c2cc(F)c(F)c(F)c2)c1CC. The number of hydrogen-bond acceptors (Lipinski definition) is 3. The van der Waals surface area contributed by atoms with Crippen LogP contribution in [0.1, 0.15) is 19.4 Å². The van der Waals surface area contributed by atoms with Crippen molar-refractivity contribution in [2.24, 2.45) is 0 Å². The van der Waals surface area contributed by atoms with E-state index < -0.39 is 17.5 Å². The second kappa shape index (κ2) is 5.90. The molecule has 0 unspecified atom stereocenters. The summed E-state index contributed by atoms with van der Waals surface area (Å²) in [4.78, 5) is 8.17. The lowest BCUT2D eigenvalue weighted by Crippen LogP contribution is -2.06. The number of nitrogens with zero attached hydrogens (tertiary/aromatic N) is 2. The summed E-state index contributed by atoms with van der Waals surface area (Å²) in [6.45, 7) is 4.47. The molecule has 0 saturated heterocycles. The normalized spacial score (nSPS) is 10.7. The van der Waals surface area contributed by atoms with Crippen LogP contribution < -0.4 is 5.32 Å². The molecule has 0 spiro atoms. The fraction of sp³-hybridized carbons (Fsp3) is 0.286. The van der Waals surface area contributed by atoms with Gasteiger partial charge in [-0.3, -0.25) is 0 Å². The van der Waals surface area contributed by atoms with Crippen molar-refractivity contribution in [2.45, 2.75) is 20.3 Å². The van der Waals surface area contributed by atoms with E-state index in [2.05, 4.69) is 15.3 Å². The lowest BCUT2D eigenvalue weighted by molar-refractivity contribution is 0.447. The average Bonchev–Trinajstić information content (AvgIpc) is 2.44. The first-order chi connectivity index (χ1) is 9.58. The second-order valence-corrected chi connectivity index (χ2v) is 4.19. The molecule has 0 aliphatic carbocycles. The Morgan fingerprint density at radius 2 is 1.70 bits per heavy atom. The number of anilines is 1. The number of halogens is 3. The van der Waals surface area contributed by atoms with Gasteiger partial charge in [-0.15, -0.1) is 0 Å². The van der Waals surface area contributed by atoms with Crippen LogP contribution in [0.2, 0.25) is 0 Å². The predicted molar refractivity (Wildman–Crippen MR) is 70.9 cm³/mol. The van der Waals surface area contributed by atoms with Crippen molar-refractivity contribution in [3.8, 4) is 11.3 Å². The van der Waals surface area contributed by atoms with Crippen LogP contribution in [0.25, 0.3) is 11.3 Å². The van der Waals surface area contributed by atoms with E-state index in [1.54, 1.807) is 0 Å². The largest absolute Gasteiger partial charge is 0.370 e. The van der Waals surface area contributed by atoms with Crippen LogP contribution in [0, 0.1) is 17.5 Å². The van der Waals surface area contributed by atoms with Crippen LogP contribution in [0.4, 0.5) is 19.0 Å².